The average molecular weight is 586 g/mol. The molecule has 1 saturated heterocycles. The highest BCUT2D eigenvalue weighted by Crippen LogP contribution is 2.26. The smallest absolute Gasteiger partial charge is 0.253 e. The first-order valence-corrected chi connectivity index (χ1v) is 15.5. The van der Waals surface area contributed by atoms with Crippen molar-refractivity contribution in [2.45, 2.75) is 30.8 Å². The standard InChI is InChI=1S/C33H36ClN5OS/c1-2-37-19-21-38(22-20-37)32(40)29-15-13-28(14-16-29)25-41-33-35-30(34)23-31(36-33)39(24-27-11-7-4-8-12-27)18-17-26-9-5-3-6-10-26/h3-16,23H,2,17-22,24-25H2,1H3. The second-order valence-corrected chi connectivity index (χ2v) is 11.5. The predicted octanol–water partition coefficient (Wildman–Crippen LogP) is 6.45. The van der Waals surface area contributed by atoms with Gasteiger partial charge in [0.05, 0.1) is 0 Å². The maximum absolute atomic E-state index is 13.0. The Labute approximate surface area is 252 Å². The molecule has 6 nitrogen and oxygen atoms in total. The number of carbonyl (C=O) groups is 1. The van der Waals surface area contributed by atoms with Gasteiger partial charge in [-0.15, -0.1) is 0 Å². The van der Waals surface area contributed by atoms with Gasteiger partial charge in [-0.05, 0) is 41.8 Å². The summed E-state index contributed by atoms with van der Waals surface area (Å²) < 4.78 is 0. The highest BCUT2D eigenvalue weighted by atomic mass is 35.5. The summed E-state index contributed by atoms with van der Waals surface area (Å²) >= 11 is 8.06. The molecule has 3 aromatic carbocycles. The lowest BCUT2D eigenvalue weighted by molar-refractivity contribution is 0.0643. The number of aromatic nitrogens is 2. The molecule has 5 rings (SSSR count). The minimum Gasteiger partial charge on any atom is -0.352 e. The van der Waals surface area contributed by atoms with Crippen LogP contribution in [0.25, 0.3) is 0 Å². The molecular formula is C33H36ClN5OS. The van der Waals surface area contributed by atoms with Crippen LogP contribution < -0.4 is 4.90 Å². The van der Waals surface area contributed by atoms with Crippen molar-refractivity contribution in [2.24, 2.45) is 0 Å². The van der Waals surface area contributed by atoms with Gasteiger partial charge in [0.15, 0.2) is 5.16 Å². The van der Waals surface area contributed by atoms with Gasteiger partial charge in [-0.3, -0.25) is 4.79 Å². The van der Waals surface area contributed by atoms with Crippen molar-refractivity contribution in [3.63, 3.8) is 0 Å². The number of hydrogen-bond donors (Lipinski definition) is 0. The number of rotatable bonds is 11. The zero-order chi connectivity index (χ0) is 28.4. The van der Waals surface area contributed by atoms with Gasteiger partial charge < -0.3 is 14.7 Å². The van der Waals surface area contributed by atoms with Gasteiger partial charge in [0.1, 0.15) is 11.0 Å². The van der Waals surface area contributed by atoms with Gasteiger partial charge in [0, 0.05) is 56.7 Å². The van der Waals surface area contributed by atoms with Crippen molar-refractivity contribution >= 4 is 35.1 Å². The zero-order valence-electron chi connectivity index (χ0n) is 23.5. The number of halogens is 1. The summed E-state index contributed by atoms with van der Waals surface area (Å²) in [6, 6.07) is 30.7. The number of piperazine rings is 1. The van der Waals surface area contributed by atoms with Gasteiger partial charge in [0.2, 0.25) is 0 Å². The quantitative estimate of drug-likeness (QED) is 0.115. The first kappa shape index (κ1) is 29.1. The van der Waals surface area contributed by atoms with Gasteiger partial charge >= 0.3 is 0 Å². The predicted molar refractivity (Wildman–Crippen MR) is 169 cm³/mol. The van der Waals surface area contributed by atoms with Crippen molar-refractivity contribution in [1.29, 1.82) is 0 Å². The van der Waals surface area contributed by atoms with Crippen LogP contribution in [0.2, 0.25) is 5.15 Å². The van der Waals surface area contributed by atoms with E-state index in [2.05, 4.69) is 70.2 Å². The Bertz CT molecular complexity index is 1400. The van der Waals surface area contributed by atoms with E-state index >= 15 is 0 Å². The molecule has 0 spiro atoms. The molecular weight excluding hydrogens is 550 g/mol. The van der Waals surface area contributed by atoms with Gasteiger partial charge in [-0.2, -0.15) is 0 Å². The number of carbonyl (C=O) groups excluding carboxylic acids is 1. The normalized spacial score (nSPS) is 13.8. The monoisotopic (exact) mass is 585 g/mol. The van der Waals surface area contributed by atoms with E-state index in [0.29, 0.717) is 16.1 Å². The van der Waals surface area contributed by atoms with Crippen molar-refractivity contribution in [2.75, 3.05) is 44.2 Å². The molecule has 0 N–H and O–H groups in total. The molecule has 0 saturated carbocycles. The number of amides is 1. The fraction of sp³-hybridized carbons (Fsp3) is 0.303. The van der Waals surface area contributed by atoms with E-state index < -0.39 is 0 Å². The third-order valence-corrected chi connectivity index (χ3v) is 8.50. The van der Waals surface area contributed by atoms with E-state index in [0.717, 1.165) is 69.2 Å². The Morgan fingerprint density at radius 3 is 2.17 bits per heavy atom. The van der Waals surface area contributed by atoms with Gasteiger partial charge in [0.25, 0.3) is 5.91 Å². The number of thioether (sulfide) groups is 1. The first-order valence-electron chi connectivity index (χ1n) is 14.2. The summed E-state index contributed by atoms with van der Waals surface area (Å²) in [7, 11) is 0. The molecule has 41 heavy (non-hydrogen) atoms. The van der Waals surface area contributed by atoms with Crippen LogP contribution in [0.3, 0.4) is 0 Å². The molecule has 4 aromatic rings. The number of anilines is 1. The van der Waals surface area contributed by atoms with Gasteiger partial charge in [-0.1, -0.05) is 103 Å². The van der Waals surface area contributed by atoms with Crippen LogP contribution in [0.1, 0.15) is 34.0 Å². The largest absolute Gasteiger partial charge is 0.352 e. The molecule has 1 aliphatic heterocycles. The Morgan fingerprint density at radius 2 is 1.51 bits per heavy atom. The highest BCUT2D eigenvalue weighted by molar-refractivity contribution is 7.98. The van der Waals surface area contributed by atoms with Crippen LogP contribution in [0.15, 0.2) is 96.2 Å². The third-order valence-electron chi connectivity index (χ3n) is 7.39. The molecule has 212 valence electrons. The van der Waals surface area contributed by atoms with Crippen LogP contribution in [-0.4, -0.2) is 64.9 Å². The Balaban J connectivity index is 1.24. The number of nitrogens with zero attached hydrogens (tertiary/aromatic N) is 5. The molecule has 8 heteroatoms. The van der Waals surface area contributed by atoms with E-state index in [1.807, 2.05) is 47.4 Å². The van der Waals surface area contributed by atoms with Crippen LogP contribution in [0.4, 0.5) is 5.82 Å². The lowest BCUT2D eigenvalue weighted by Gasteiger charge is -2.34. The molecule has 2 heterocycles. The maximum atomic E-state index is 13.0. The van der Waals surface area contributed by atoms with E-state index in [-0.39, 0.29) is 5.91 Å². The molecule has 1 fully saturated rings. The van der Waals surface area contributed by atoms with Crippen molar-refractivity contribution < 1.29 is 4.79 Å². The zero-order valence-corrected chi connectivity index (χ0v) is 25.0. The van der Waals surface area contributed by atoms with Crippen LogP contribution in [0.5, 0.6) is 0 Å². The van der Waals surface area contributed by atoms with Crippen LogP contribution in [-0.2, 0) is 18.7 Å². The van der Waals surface area contributed by atoms with Crippen molar-refractivity contribution in [3.8, 4) is 0 Å². The molecule has 0 atom stereocenters. The molecule has 1 aromatic heterocycles. The topological polar surface area (TPSA) is 52.6 Å². The Hall–Kier alpha value is -3.39. The van der Waals surface area contributed by atoms with E-state index in [9.17, 15) is 4.79 Å². The summed E-state index contributed by atoms with van der Waals surface area (Å²) in [6.45, 7) is 8.17. The second kappa shape index (κ2) is 14.5. The van der Waals surface area contributed by atoms with Crippen molar-refractivity contribution in [3.05, 3.63) is 118 Å². The fourth-order valence-corrected chi connectivity index (χ4v) is 5.98. The maximum Gasteiger partial charge on any atom is 0.253 e. The van der Waals surface area contributed by atoms with Crippen molar-refractivity contribution in [1.82, 2.24) is 19.8 Å². The Morgan fingerprint density at radius 1 is 0.854 bits per heavy atom. The third kappa shape index (κ3) is 8.32. The number of likely N-dealkylation sites (N-methyl/N-ethyl adjacent to an activating group) is 1. The number of hydrogen-bond acceptors (Lipinski definition) is 6. The molecule has 0 aliphatic carbocycles. The number of benzene rings is 3. The molecule has 0 bridgehead atoms. The average Bonchev–Trinajstić information content (AvgIpc) is 3.02. The molecule has 0 radical (unpaired) electrons. The van der Waals surface area contributed by atoms with Crippen LogP contribution in [0, 0.1) is 0 Å². The van der Waals surface area contributed by atoms with E-state index in [1.165, 1.54) is 11.1 Å². The minimum atomic E-state index is 0.108. The van der Waals surface area contributed by atoms with E-state index in [4.69, 9.17) is 16.6 Å². The summed E-state index contributed by atoms with van der Waals surface area (Å²) in [5.74, 6) is 1.61. The van der Waals surface area contributed by atoms with Gasteiger partial charge in [-0.25, -0.2) is 9.97 Å². The van der Waals surface area contributed by atoms with E-state index in [1.54, 1.807) is 11.8 Å². The Kier molecular flexibility index (Phi) is 10.3. The lowest BCUT2D eigenvalue weighted by Crippen LogP contribution is -2.48. The summed E-state index contributed by atoms with van der Waals surface area (Å²) in [4.78, 5) is 29.0. The molecule has 0 unspecified atom stereocenters. The summed E-state index contributed by atoms with van der Waals surface area (Å²) in [5, 5.41) is 1.07. The lowest BCUT2D eigenvalue weighted by atomic mass is 10.1. The minimum absolute atomic E-state index is 0.108. The molecule has 1 amide bonds. The molecule has 1 aliphatic rings. The second-order valence-electron chi connectivity index (χ2n) is 10.2. The fourth-order valence-electron chi connectivity index (χ4n) is 4.94. The summed E-state index contributed by atoms with van der Waals surface area (Å²) in [6.07, 6.45) is 0.900. The van der Waals surface area contributed by atoms with Crippen LogP contribution >= 0.6 is 23.4 Å². The summed E-state index contributed by atoms with van der Waals surface area (Å²) in [5.41, 5.74) is 4.34. The SMILES string of the molecule is CCN1CCN(C(=O)c2ccc(CSc3nc(Cl)cc(N(CCc4ccccc4)Cc4ccccc4)n3)cc2)CC1. The first-order chi connectivity index (χ1) is 20.1. The highest BCUT2D eigenvalue weighted by Gasteiger charge is 2.21.